The lowest BCUT2D eigenvalue weighted by molar-refractivity contribution is 0.0959. The van der Waals surface area contributed by atoms with Crippen molar-refractivity contribution in [1.29, 1.82) is 0 Å². The van der Waals surface area contributed by atoms with Crippen LogP contribution in [-0.4, -0.2) is 37.1 Å². The molecule has 0 aliphatic carbocycles. The number of nitrogens with zero attached hydrogens (tertiary/aromatic N) is 1. The number of benzene rings is 2. The Balaban J connectivity index is 1.49. The van der Waals surface area contributed by atoms with E-state index in [1.807, 2.05) is 6.07 Å². The van der Waals surface area contributed by atoms with Crippen molar-refractivity contribution < 1.29 is 13.6 Å². The van der Waals surface area contributed by atoms with Gasteiger partial charge in [-0.15, -0.1) is 0 Å². The zero-order chi connectivity index (χ0) is 18.1. The van der Waals surface area contributed by atoms with Crippen molar-refractivity contribution in [3.8, 4) is 0 Å². The van der Waals surface area contributed by atoms with Crippen molar-refractivity contribution in [2.75, 3.05) is 31.5 Å². The van der Waals surface area contributed by atoms with E-state index in [0.717, 1.165) is 31.3 Å². The number of piperidine rings is 2. The van der Waals surface area contributed by atoms with Gasteiger partial charge in [0, 0.05) is 37.9 Å². The van der Waals surface area contributed by atoms with E-state index in [9.17, 15) is 13.6 Å². The maximum absolute atomic E-state index is 13.3. The normalized spacial score (nSPS) is 25.0. The molecule has 2 amide bonds. The molecule has 2 atom stereocenters. The number of amides is 2. The molecule has 2 bridgehead atoms. The minimum Gasteiger partial charge on any atom is -0.324 e. The number of anilines is 1. The van der Waals surface area contributed by atoms with Gasteiger partial charge in [0.25, 0.3) is 0 Å². The second-order valence-corrected chi connectivity index (χ2v) is 7.11. The number of carbonyl (C=O) groups excluding carboxylic acids is 1. The zero-order valence-corrected chi connectivity index (χ0v) is 14.3. The molecule has 6 heteroatoms. The molecule has 26 heavy (non-hydrogen) atoms. The summed E-state index contributed by atoms with van der Waals surface area (Å²) in [5.74, 6) is -0.346. The number of rotatable bonds is 2. The van der Waals surface area contributed by atoms with Gasteiger partial charge < -0.3 is 15.5 Å². The Bertz CT molecular complexity index is 765. The van der Waals surface area contributed by atoms with Crippen molar-refractivity contribution in [2.45, 2.75) is 5.92 Å². The molecule has 2 saturated heterocycles. The fourth-order valence-corrected chi connectivity index (χ4v) is 4.30. The predicted octanol–water partition coefficient (Wildman–Crippen LogP) is 3.43. The quantitative estimate of drug-likeness (QED) is 0.865. The highest BCUT2D eigenvalue weighted by Crippen LogP contribution is 2.39. The van der Waals surface area contributed by atoms with Crippen LogP contribution in [0.25, 0.3) is 0 Å². The van der Waals surface area contributed by atoms with Crippen molar-refractivity contribution in [1.82, 2.24) is 10.2 Å². The van der Waals surface area contributed by atoms with Crippen molar-refractivity contribution in [3.63, 3.8) is 0 Å². The van der Waals surface area contributed by atoms with Crippen molar-refractivity contribution in [3.05, 3.63) is 65.7 Å². The summed E-state index contributed by atoms with van der Waals surface area (Å²) in [7, 11) is 0. The number of nitrogens with one attached hydrogen (secondary N) is 2. The Morgan fingerprint density at radius 3 is 2.23 bits per heavy atom. The van der Waals surface area contributed by atoms with Crippen LogP contribution < -0.4 is 10.6 Å². The maximum atomic E-state index is 13.3. The van der Waals surface area contributed by atoms with Crippen LogP contribution in [0, 0.1) is 23.5 Å². The van der Waals surface area contributed by atoms with Gasteiger partial charge in [0.05, 0.1) is 0 Å². The summed E-state index contributed by atoms with van der Waals surface area (Å²) in [5.41, 5.74) is 1.46. The lowest BCUT2D eigenvalue weighted by atomic mass is 9.71. The highest BCUT2D eigenvalue weighted by Gasteiger charge is 2.41. The van der Waals surface area contributed by atoms with E-state index in [-0.39, 0.29) is 11.7 Å². The average Bonchev–Trinajstić information content (AvgIpc) is 2.60. The molecule has 2 N–H and O–H groups in total. The standard InChI is InChI=1S/C20H21F2N3O/c21-16-6-17(22)8-18(7-16)24-20(26)25-11-14-9-23-10-15(12-25)19(14)13-4-2-1-3-5-13/h1-8,14-15,19,23H,9-12H2,(H,24,26). The number of likely N-dealkylation sites (tertiary alicyclic amines) is 1. The molecule has 4 rings (SSSR count). The summed E-state index contributed by atoms with van der Waals surface area (Å²) in [6, 6.07) is 13.2. The first-order valence-corrected chi connectivity index (χ1v) is 8.88. The molecule has 0 aromatic heterocycles. The SMILES string of the molecule is O=C(Nc1cc(F)cc(F)c1)N1CC2CNCC(C1)C2c1ccccc1. The summed E-state index contributed by atoms with van der Waals surface area (Å²) < 4.78 is 26.7. The Labute approximate surface area is 151 Å². The first-order valence-electron chi connectivity index (χ1n) is 8.88. The molecule has 2 aliphatic heterocycles. The van der Waals surface area contributed by atoms with Gasteiger partial charge in [0.15, 0.2) is 0 Å². The highest BCUT2D eigenvalue weighted by atomic mass is 19.1. The molecular weight excluding hydrogens is 336 g/mol. The summed E-state index contributed by atoms with van der Waals surface area (Å²) in [5, 5.41) is 6.08. The van der Waals surface area contributed by atoms with Gasteiger partial charge in [-0.1, -0.05) is 30.3 Å². The second kappa shape index (κ2) is 7.03. The van der Waals surface area contributed by atoms with Gasteiger partial charge in [-0.2, -0.15) is 0 Å². The summed E-state index contributed by atoms with van der Waals surface area (Å²) >= 11 is 0. The van der Waals surface area contributed by atoms with Crippen LogP contribution >= 0.6 is 0 Å². The molecule has 0 radical (unpaired) electrons. The van der Waals surface area contributed by atoms with Crippen molar-refractivity contribution in [2.24, 2.45) is 11.8 Å². The number of carbonyl (C=O) groups is 1. The summed E-state index contributed by atoms with van der Waals surface area (Å²) in [6.45, 7) is 2.95. The van der Waals surface area contributed by atoms with Crippen molar-refractivity contribution >= 4 is 11.7 Å². The molecule has 2 aromatic rings. The van der Waals surface area contributed by atoms with E-state index in [2.05, 4.69) is 34.9 Å². The van der Waals surface area contributed by atoms with Gasteiger partial charge in [0.2, 0.25) is 0 Å². The van der Waals surface area contributed by atoms with E-state index in [0.29, 0.717) is 30.8 Å². The number of fused-ring (bicyclic) bond motifs is 2. The third-order valence-corrected chi connectivity index (χ3v) is 5.32. The molecule has 136 valence electrons. The molecule has 2 aliphatic rings. The van der Waals surface area contributed by atoms with E-state index in [1.165, 1.54) is 5.56 Å². The Morgan fingerprint density at radius 1 is 1.00 bits per heavy atom. The number of hydrogen-bond donors (Lipinski definition) is 2. The van der Waals surface area contributed by atoms with Crippen LogP contribution in [0.4, 0.5) is 19.3 Å². The first-order chi connectivity index (χ1) is 12.6. The number of hydrogen-bond acceptors (Lipinski definition) is 2. The maximum Gasteiger partial charge on any atom is 0.321 e. The smallest absolute Gasteiger partial charge is 0.321 e. The average molecular weight is 357 g/mol. The number of urea groups is 1. The van der Waals surface area contributed by atoms with Crippen LogP contribution in [0.1, 0.15) is 11.5 Å². The largest absolute Gasteiger partial charge is 0.324 e. The summed E-state index contributed by atoms with van der Waals surface area (Å²) in [4.78, 5) is 14.4. The Hall–Kier alpha value is -2.47. The highest BCUT2D eigenvalue weighted by molar-refractivity contribution is 5.89. The van der Waals surface area contributed by atoms with Gasteiger partial charge in [-0.25, -0.2) is 13.6 Å². The zero-order valence-electron chi connectivity index (χ0n) is 14.3. The van der Waals surface area contributed by atoms with Gasteiger partial charge >= 0.3 is 6.03 Å². The molecule has 2 aromatic carbocycles. The van der Waals surface area contributed by atoms with Crippen LogP contribution in [0.3, 0.4) is 0 Å². The van der Waals surface area contributed by atoms with Gasteiger partial charge in [-0.05, 0) is 35.4 Å². The molecule has 0 spiro atoms. The van der Waals surface area contributed by atoms with Crippen LogP contribution in [0.15, 0.2) is 48.5 Å². The van der Waals surface area contributed by atoms with Crippen LogP contribution in [0.2, 0.25) is 0 Å². The second-order valence-electron chi connectivity index (χ2n) is 7.11. The fraction of sp³-hybridized carbons (Fsp3) is 0.350. The molecule has 2 fully saturated rings. The minimum atomic E-state index is -0.704. The number of halogens is 2. The molecular formula is C20H21F2N3O. The van der Waals surface area contributed by atoms with Crippen LogP contribution in [-0.2, 0) is 0 Å². The Morgan fingerprint density at radius 2 is 1.62 bits per heavy atom. The van der Waals surface area contributed by atoms with E-state index in [4.69, 9.17) is 0 Å². The van der Waals surface area contributed by atoms with Gasteiger partial charge in [0.1, 0.15) is 11.6 Å². The Kier molecular flexibility index (Phi) is 4.59. The lowest BCUT2D eigenvalue weighted by Crippen LogP contribution is -2.57. The van der Waals surface area contributed by atoms with Gasteiger partial charge in [-0.3, -0.25) is 0 Å². The lowest BCUT2D eigenvalue weighted by Gasteiger charge is -2.47. The van der Waals surface area contributed by atoms with E-state index < -0.39 is 11.6 Å². The van der Waals surface area contributed by atoms with E-state index in [1.54, 1.807) is 4.90 Å². The fourth-order valence-electron chi connectivity index (χ4n) is 4.30. The van der Waals surface area contributed by atoms with Crippen LogP contribution in [0.5, 0.6) is 0 Å². The topological polar surface area (TPSA) is 44.4 Å². The molecule has 4 nitrogen and oxygen atoms in total. The molecule has 0 saturated carbocycles. The monoisotopic (exact) mass is 357 g/mol. The predicted molar refractivity (Wildman–Crippen MR) is 96.0 cm³/mol. The molecule has 2 heterocycles. The van der Waals surface area contributed by atoms with E-state index >= 15 is 0 Å². The summed E-state index contributed by atoms with van der Waals surface area (Å²) in [6.07, 6.45) is 0. The third kappa shape index (κ3) is 3.42. The minimum absolute atomic E-state index is 0.140. The first kappa shape index (κ1) is 17.0. The molecule has 2 unspecified atom stereocenters. The third-order valence-electron chi connectivity index (χ3n) is 5.32.